The number of halogens is 1. The van der Waals surface area contributed by atoms with Gasteiger partial charge in [0.05, 0.1) is 0 Å². The van der Waals surface area contributed by atoms with E-state index >= 15 is 0 Å². The molecule has 1 aromatic rings. The maximum absolute atomic E-state index is 5.81. The lowest BCUT2D eigenvalue weighted by molar-refractivity contribution is 0.589. The lowest BCUT2D eigenvalue weighted by atomic mass is 9.86. The first-order chi connectivity index (χ1) is 6.93. The van der Waals surface area contributed by atoms with Crippen molar-refractivity contribution in [3.8, 4) is 0 Å². The van der Waals surface area contributed by atoms with E-state index in [-0.39, 0.29) is 5.41 Å². The van der Waals surface area contributed by atoms with E-state index in [2.05, 4.69) is 52.0 Å². The van der Waals surface area contributed by atoms with E-state index in [1.54, 1.807) is 0 Å². The van der Waals surface area contributed by atoms with Gasteiger partial charge in [0.1, 0.15) is 0 Å². The van der Waals surface area contributed by atoms with E-state index in [1.165, 1.54) is 11.1 Å². The average molecular weight is 225 g/mol. The van der Waals surface area contributed by atoms with Gasteiger partial charge < -0.3 is 0 Å². The van der Waals surface area contributed by atoms with Crippen molar-refractivity contribution >= 4 is 11.6 Å². The molecule has 1 aromatic carbocycles. The summed E-state index contributed by atoms with van der Waals surface area (Å²) >= 11 is 5.81. The van der Waals surface area contributed by atoms with E-state index in [4.69, 9.17) is 11.6 Å². The highest BCUT2D eigenvalue weighted by molar-refractivity contribution is 6.18. The standard InChI is InChI=1S/C14H21Cl/c1-11(10-15)9-12-5-7-13(8-6-12)14(2,3)4/h5-8,11H,9-10H2,1-4H3. The Hall–Kier alpha value is -0.490. The molecule has 0 aromatic heterocycles. The number of rotatable bonds is 3. The third-order valence-corrected chi connectivity index (χ3v) is 3.19. The van der Waals surface area contributed by atoms with Gasteiger partial charge in [0.15, 0.2) is 0 Å². The lowest BCUT2D eigenvalue weighted by Crippen LogP contribution is -2.11. The van der Waals surface area contributed by atoms with Gasteiger partial charge in [-0.2, -0.15) is 0 Å². The van der Waals surface area contributed by atoms with Crippen molar-refractivity contribution in [3.63, 3.8) is 0 Å². The van der Waals surface area contributed by atoms with Crippen LogP contribution in [0.3, 0.4) is 0 Å². The molecule has 1 unspecified atom stereocenters. The molecule has 0 nitrogen and oxygen atoms in total. The van der Waals surface area contributed by atoms with Crippen molar-refractivity contribution in [3.05, 3.63) is 35.4 Å². The van der Waals surface area contributed by atoms with E-state index in [9.17, 15) is 0 Å². The first kappa shape index (κ1) is 12.6. The molecule has 0 fully saturated rings. The molecule has 0 aliphatic heterocycles. The van der Waals surface area contributed by atoms with Crippen LogP contribution in [-0.4, -0.2) is 5.88 Å². The van der Waals surface area contributed by atoms with Crippen molar-refractivity contribution in [2.24, 2.45) is 5.92 Å². The van der Waals surface area contributed by atoms with Crippen LogP contribution < -0.4 is 0 Å². The van der Waals surface area contributed by atoms with Crippen LogP contribution in [0.1, 0.15) is 38.8 Å². The normalized spacial score (nSPS) is 13.9. The second kappa shape index (κ2) is 5.03. The zero-order valence-corrected chi connectivity index (χ0v) is 10.9. The molecule has 0 aliphatic rings. The fourth-order valence-electron chi connectivity index (χ4n) is 1.60. The maximum Gasteiger partial charge on any atom is 0.0252 e. The molecule has 1 heteroatoms. The summed E-state index contributed by atoms with van der Waals surface area (Å²) < 4.78 is 0. The summed E-state index contributed by atoms with van der Waals surface area (Å²) in [4.78, 5) is 0. The molecule has 15 heavy (non-hydrogen) atoms. The molecule has 0 saturated heterocycles. The summed E-state index contributed by atoms with van der Waals surface area (Å²) in [5, 5.41) is 0. The van der Waals surface area contributed by atoms with E-state index in [0.29, 0.717) is 5.92 Å². The van der Waals surface area contributed by atoms with Crippen LogP contribution >= 0.6 is 11.6 Å². The highest BCUT2D eigenvalue weighted by Gasteiger charge is 2.13. The topological polar surface area (TPSA) is 0 Å². The predicted molar refractivity (Wildman–Crippen MR) is 68.7 cm³/mol. The van der Waals surface area contributed by atoms with Crippen molar-refractivity contribution in [1.29, 1.82) is 0 Å². The smallest absolute Gasteiger partial charge is 0.0252 e. The van der Waals surface area contributed by atoms with Crippen LogP contribution in [0.4, 0.5) is 0 Å². The van der Waals surface area contributed by atoms with Crippen LogP contribution in [0.15, 0.2) is 24.3 Å². The Bertz CT molecular complexity index is 292. The third kappa shape index (κ3) is 3.87. The van der Waals surface area contributed by atoms with Gasteiger partial charge in [0, 0.05) is 5.88 Å². The summed E-state index contributed by atoms with van der Waals surface area (Å²) in [5.74, 6) is 1.30. The summed E-state index contributed by atoms with van der Waals surface area (Å²) in [5.41, 5.74) is 3.03. The molecular weight excluding hydrogens is 204 g/mol. The Morgan fingerprint density at radius 2 is 1.67 bits per heavy atom. The Morgan fingerprint density at radius 1 is 1.13 bits per heavy atom. The third-order valence-electron chi connectivity index (χ3n) is 2.67. The Kier molecular flexibility index (Phi) is 4.21. The zero-order chi connectivity index (χ0) is 11.5. The number of hydrogen-bond acceptors (Lipinski definition) is 0. The largest absolute Gasteiger partial charge is 0.126 e. The van der Waals surface area contributed by atoms with Gasteiger partial charge in [-0.05, 0) is 28.9 Å². The maximum atomic E-state index is 5.81. The summed E-state index contributed by atoms with van der Waals surface area (Å²) in [6, 6.07) is 8.92. The molecule has 1 rings (SSSR count). The molecule has 0 bridgehead atoms. The molecule has 0 heterocycles. The molecule has 1 atom stereocenters. The second-order valence-electron chi connectivity index (χ2n) is 5.41. The van der Waals surface area contributed by atoms with Crippen LogP contribution in [0.5, 0.6) is 0 Å². The summed E-state index contributed by atoms with van der Waals surface area (Å²) in [7, 11) is 0. The minimum Gasteiger partial charge on any atom is -0.126 e. The Balaban J connectivity index is 2.73. The predicted octanol–water partition coefficient (Wildman–Crippen LogP) is 4.40. The van der Waals surface area contributed by atoms with Gasteiger partial charge >= 0.3 is 0 Å². The van der Waals surface area contributed by atoms with Crippen molar-refractivity contribution in [2.75, 3.05) is 5.88 Å². The molecule has 0 radical (unpaired) electrons. The zero-order valence-electron chi connectivity index (χ0n) is 10.2. The van der Waals surface area contributed by atoms with Crippen molar-refractivity contribution < 1.29 is 0 Å². The van der Waals surface area contributed by atoms with Gasteiger partial charge in [0.2, 0.25) is 0 Å². The van der Waals surface area contributed by atoms with E-state index < -0.39 is 0 Å². The van der Waals surface area contributed by atoms with Gasteiger partial charge in [-0.3, -0.25) is 0 Å². The van der Waals surface area contributed by atoms with Crippen LogP contribution in [0.2, 0.25) is 0 Å². The molecule has 0 saturated carbocycles. The monoisotopic (exact) mass is 224 g/mol. The second-order valence-corrected chi connectivity index (χ2v) is 5.72. The van der Waals surface area contributed by atoms with E-state index in [1.807, 2.05) is 0 Å². The molecule has 0 N–H and O–H groups in total. The molecular formula is C14H21Cl. The first-order valence-corrected chi connectivity index (χ1v) is 6.12. The summed E-state index contributed by atoms with van der Waals surface area (Å²) in [6.45, 7) is 8.90. The fraction of sp³-hybridized carbons (Fsp3) is 0.571. The van der Waals surface area contributed by atoms with Crippen molar-refractivity contribution in [2.45, 2.75) is 39.5 Å². The van der Waals surface area contributed by atoms with Gasteiger partial charge in [0.25, 0.3) is 0 Å². The Morgan fingerprint density at radius 3 is 2.07 bits per heavy atom. The quantitative estimate of drug-likeness (QED) is 0.668. The first-order valence-electron chi connectivity index (χ1n) is 5.59. The molecule has 0 aliphatic carbocycles. The highest BCUT2D eigenvalue weighted by Crippen LogP contribution is 2.22. The number of benzene rings is 1. The van der Waals surface area contributed by atoms with Gasteiger partial charge in [-0.15, -0.1) is 11.6 Å². The Labute approximate surface area is 98.7 Å². The molecule has 0 amide bonds. The van der Waals surface area contributed by atoms with Crippen LogP contribution in [-0.2, 0) is 11.8 Å². The number of hydrogen-bond donors (Lipinski definition) is 0. The minimum absolute atomic E-state index is 0.247. The van der Waals surface area contributed by atoms with Gasteiger partial charge in [-0.25, -0.2) is 0 Å². The molecule has 0 spiro atoms. The highest BCUT2D eigenvalue weighted by atomic mass is 35.5. The van der Waals surface area contributed by atoms with Gasteiger partial charge in [-0.1, -0.05) is 52.0 Å². The average Bonchev–Trinajstić information content (AvgIpc) is 2.17. The van der Waals surface area contributed by atoms with Crippen LogP contribution in [0, 0.1) is 5.92 Å². The van der Waals surface area contributed by atoms with E-state index in [0.717, 1.165) is 12.3 Å². The van der Waals surface area contributed by atoms with Crippen molar-refractivity contribution in [1.82, 2.24) is 0 Å². The lowest BCUT2D eigenvalue weighted by Gasteiger charge is -2.19. The molecule has 84 valence electrons. The number of alkyl halides is 1. The summed E-state index contributed by atoms with van der Waals surface area (Å²) in [6.07, 6.45) is 1.08. The fourth-order valence-corrected chi connectivity index (χ4v) is 1.71. The SMILES string of the molecule is CC(CCl)Cc1ccc(C(C)(C)C)cc1. The minimum atomic E-state index is 0.247. The van der Waals surface area contributed by atoms with Crippen LogP contribution in [0.25, 0.3) is 0 Å².